The molecule has 0 aromatic carbocycles. The van der Waals surface area contributed by atoms with Gasteiger partial charge in [0.2, 0.25) is 0 Å². The normalized spacial score (nSPS) is 23.1. The summed E-state index contributed by atoms with van der Waals surface area (Å²) in [5.41, 5.74) is 0.824. The molecule has 1 aliphatic rings. The number of hydrogen-bond acceptors (Lipinski definition) is 2. The third-order valence-corrected chi connectivity index (χ3v) is 4.06. The summed E-state index contributed by atoms with van der Waals surface area (Å²) in [6.45, 7) is 12.1. The predicted molar refractivity (Wildman–Crippen MR) is 58.8 cm³/mol. The van der Waals surface area contributed by atoms with Crippen molar-refractivity contribution >= 4 is 0 Å². The van der Waals surface area contributed by atoms with Gasteiger partial charge in [-0.2, -0.15) is 5.26 Å². The van der Waals surface area contributed by atoms with Gasteiger partial charge in [-0.05, 0) is 36.8 Å². The minimum absolute atomic E-state index is 0.381. The van der Waals surface area contributed by atoms with Crippen LogP contribution >= 0.6 is 0 Å². The molecule has 0 aromatic heterocycles. The van der Waals surface area contributed by atoms with Crippen molar-refractivity contribution in [1.29, 1.82) is 5.26 Å². The summed E-state index contributed by atoms with van der Waals surface area (Å²) < 4.78 is 0. The molecule has 0 bridgehead atoms. The maximum Gasteiger partial charge on any atom is 0.0865 e. The van der Waals surface area contributed by atoms with Crippen molar-refractivity contribution < 1.29 is 0 Å². The smallest absolute Gasteiger partial charge is 0.0865 e. The van der Waals surface area contributed by atoms with E-state index in [9.17, 15) is 0 Å². The lowest BCUT2D eigenvalue weighted by Crippen LogP contribution is -2.44. The van der Waals surface area contributed by atoms with Gasteiger partial charge in [0.05, 0.1) is 12.6 Å². The molecule has 0 spiro atoms. The Morgan fingerprint density at radius 3 is 2.14 bits per heavy atom. The molecule has 0 aliphatic carbocycles. The minimum atomic E-state index is 0.381. The molecule has 80 valence electrons. The van der Waals surface area contributed by atoms with Crippen molar-refractivity contribution in [3.8, 4) is 6.07 Å². The van der Waals surface area contributed by atoms with E-state index in [1.165, 1.54) is 12.8 Å². The van der Waals surface area contributed by atoms with Gasteiger partial charge in [-0.15, -0.1) is 0 Å². The number of nitrogens with zero attached hydrogens (tertiary/aromatic N) is 2. The molecular formula is C12H22N2. The van der Waals surface area contributed by atoms with Gasteiger partial charge >= 0.3 is 0 Å². The van der Waals surface area contributed by atoms with Gasteiger partial charge < -0.3 is 0 Å². The molecule has 14 heavy (non-hydrogen) atoms. The second-order valence-electron chi connectivity index (χ2n) is 5.74. The molecule has 0 amide bonds. The first-order chi connectivity index (χ1) is 6.39. The van der Waals surface area contributed by atoms with E-state index in [0.29, 0.717) is 17.4 Å². The number of likely N-dealkylation sites (tertiary alicyclic amines) is 1. The molecule has 0 atom stereocenters. The molecule has 2 heteroatoms. The monoisotopic (exact) mass is 194 g/mol. The van der Waals surface area contributed by atoms with Gasteiger partial charge in [-0.3, -0.25) is 4.90 Å². The van der Waals surface area contributed by atoms with Crippen LogP contribution in [0.2, 0.25) is 0 Å². The van der Waals surface area contributed by atoms with Crippen LogP contribution in [0.5, 0.6) is 0 Å². The van der Waals surface area contributed by atoms with Crippen LogP contribution in [0.25, 0.3) is 0 Å². The topological polar surface area (TPSA) is 27.0 Å². The molecule has 1 fully saturated rings. The van der Waals surface area contributed by atoms with Crippen LogP contribution in [0.15, 0.2) is 0 Å². The molecule has 0 saturated carbocycles. The lowest BCUT2D eigenvalue weighted by Gasteiger charge is -2.47. The van der Waals surface area contributed by atoms with Gasteiger partial charge in [0.15, 0.2) is 0 Å². The molecule has 1 heterocycles. The second kappa shape index (κ2) is 3.90. The molecule has 0 N–H and O–H groups in total. The van der Waals surface area contributed by atoms with Crippen molar-refractivity contribution in [2.45, 2.75) is 40.5 Å². The molecule has 0 aromatic rings. The highest BCUT2D eigenvalue weighted by Crippen LogP contribution is 2.46. The Hall–Kier alpha value is -0.550. The zero-order valence-corrected chi connectivity index (χ0v) is 9.93. The Morgan fingerprint density at radius 1 is 1.29 bits per heavy atom. The Kier molecular flexibility index (Phi) is 3.21. The Bertz CT molecular complexity index is 224. The van der Waals surface area contributed by atoms with Gasteiger partial charge in [-0.1, -0.05) is 27.7 Å². The van der Waals surface area contributed by atoms with Crippen LogP contribution in [0.4, 0.5) is 0 Å². The minimum Gasteiger partial charge on any atom is -0.291 e. The molecule has 0 radical (unpaired) electrons. The first kappa shape index (κ1) is 11.5. The SMILES string of the molecule is CC(C)(C)C1(C)CCN(CC#N)CC1. The first-order valence-electron chi connectivity index (χ1n) is 5.48. The van der Waals surface area contributed by atoms with Crippen LogP contribution < -0.4 is 0 Å². The largest absolute Gasteiger partial charge is 0.291 e. The summed E-state index contributed by atoms with van der Waals surface area (Å²) in [6, 6.07) is 2.23. The van der Waals surface area contributed by atoms with Crippen LogP contribution in [-0.4, -0.2) is 24.5 Å². The number of piperidine rings is 1. The highest BCUT2D eigenvalue weighted by atomic mass is 15.1. The van der Waals surface area contributed by atoms with E-state index >= 15 is 0 Å². The van der Waals surface area contributed by atoms with E-state index in [0.717, 1.165) is 13.1 Å². The quantitative estimate of drug-likeness (QED) is 0.600. The second-order valence-corrected chi connectivity index (χ2v) is 5.74. The summed E-state index contributed by atoms with van der Waals surface area (Å²) in [4.78, 5) is 2.26. The number of rotatable bonds is 1. The molecule has 2 nitrogen and oxygen atoms in total. The summed E-state index contributed by atoms with van der Waals surface area (Å²) in [5, 5.41) is 8.62. The zero-order valence-electron chi connectivity index (χ0n) is 9.93. The van der Waals surface area contributed by atoms with E-state index in [-0.39, 0.29) is 0 Å². The van der Waals surface area contributed by atoms with Gasteiger partial charge in [0.25, 0.3) is 0 Å². The average Bonchev–Trinajstić information content (AvgIpc) is 2.08. The maximum atomic E-state index is 8.62. The van der Waals surface area contributed by atoms with E-state index in [1.807, 2.05) is 0 Å². The standard InChI is InChI=1S/C12H22N2/c1-11(2,3)12(4)5-8-14(9-6-12)10-7-13/h5-6,8-10H2,1-4H3. The summed E-state index contributed by atoms with van der Waals surface area (Å²) in [7, 11) is 0. The summed E-state index contributed by atoms with van der Waals surface area (Å²) in [6.07, 6.45) is 2.44. The van der Waals surface area contributed by atoms with Gasteiger partial charge in [-0.25, -0.2) is 0 Å². The van der Waals surface area contributed by atoms with Gasteiger partial charge in [0.1, 0.15) is 0 Å². The Morgan fingerprint density at radius 2 is 1.79 bits per heavy atom. The zero-order chi connectivity index (χ0) is 10.8. The lowest BCUT2D eigenvalue weighted by atomic mass is 9.63. The van der Waals surface area contributed by atoms with Crippen molar-refractivity contribution in [1.82, 2.24) is 4.90 Å². The highest BCUT2D eigenvalue weighted by Gasteiger charge is 2.39. The van der Waals surface area contributed by atoms with Gasteiger partial charge in [0, 0.05) is 0 Å². The fraction of sp³-hybridized carbons (Fsp3) is 0.917. The summed E-state index contributed by atoms with van der Waals surface area (Å²) >= 11 is 0. The average molecular weight is 194 g/mol. The highest BCUT2D eigenvalue weighted by molar-refractivity contribution is 4.92. The molecule has 1 aliphatic heterocycles. The third-order valence-electron chi connectivity index (χ3n) is 4.06. The summed E-state index contributed by atoms with van der Waals surface area (Å²) in [5.74, 6) is 0. The van der Waals surface area contributed by atoms with E-state index in [2.05, 4.69) is 38.7 Å². The van der Waals surface area contributed by atoms with E-state index in [1.54, 1.807) is 0 Å². The third kappa shape index (κ3) is 2.27. The van der Waals surface area contributed by atoms with E-state index < -0.39 is 0 Å². The van der Waals surface area contributed by atoms with Crippen LogP contribution in [0.3, 0.4) is 0 Å². The number of nitriles is 1. The predicted octanol–water partition coefficient (Wildman–Crippen LogP) is 2.66. The van der Waals surface area contributed by atoms with Crippen LogP contribution in [0.1, 0.15) is 40.5 Å². The Balaban J connectivity index is 2.54. The number of hydrogen-bond donors (Lipinski definition) is 0. The van der Waals surface area contributed by atoms with E-state index in [4.69, 9.17) is 5.26 Å². The molecular weight excluding hydrogens is 172 g/mol. The fourth-order valence-electron chi connectivity index (χ4n) is 2.05. The van der Waals surface area contributed by atoms with Crippen molar-refractivity contribution in [2.75, 3.05) is 19.6 Å². The maximum absolute atomic E-state index is 8.62. The lowest BCUT2D eigenvalue weighted by molar-refractivity contribution is 0.0268. The van der Waals surface area contributed by atoms with Crippen LogP contribution in [0, 0.1) is 22.2 Å². The van der Waals surface area contributed by atoms with Crippen molar-refractivity contribution in [2.24, 2.45) is 10.8 Å². The van der Waals surface area contributed by atoms with Crippen molar-refractivity contribution in [3.63, 3.8) is 0 Å². The Labute approximate surface area is 87.9 Å². The molecule has 0 unspecified atom stereocenters. The first-order valence-corrected chi connectivity index (χ1v) is 5.48. The van der Waals surface area contributed by atoms with Crippen molar-refractivity contribution in [3.05, 3.63) is 0 Å². The molecule has 1 rings (SSSR count). The van der Waals surface area contributed by atoms with Crippen LogP contribution in [-0.2, 0) is 0 Å². The fourth-order valence-corrected chi connectivity index (χ4v) is 2.05. The molecule has 1 saturated heterocycles.